The van der Waals surface area contributed by atoms with Crippen LogP contribution in [0, 0.1) is 29.3 Å². The molecule has 3 heterocycles. The van der Waals surface area contributed by atoms with Crippen LogP contribution in [0.3, 0.4) is 0 Å². The Morgan fingerprint density at radius 3 is 2.24 bits per heavy atom. The Bertz CT molecular complexity index is 1880. The molecule has 13 nitrogen and oxygen atoms in total. The van der Waals surface area contributed by atoms with Crippen LogP contribution >= 0.6 is 0 Å². The lowest BCUT2D eigenvalue weighted by atomic mass is 10.1. The van der Waals surface area contributed by atoms with Crippen molar-refractivity contribution >= 4 is 40.7 Å². The second-order valence-electron chi connectivity index (χ2n) is 13.1. The monoisotopic (exact) mass is 686 g/mol. The molecule has 1 saturated carbocycles. The van der Waals surface area contributed by atoms with Gasteiger partial charge in [0.05, 0.1) is 17.7 Å². The molecule has 3 N–H and O–H groups in total. The molecular formula is C33H37F3N6O7. The fraction of sp³-hybridized carbons (Fsp3) is 0.455. The minimum atomic E-state index is -1.01. The number of esters is 1. The average molecular weight is 687 g/mol. The summed E-state index contributed by atoms with van der Waals surface area (Å²) in [6.45, 7) is 10.1. The average Bonchev–Trinajstić information content (AvgIpc) is 3.42. The topological polar surface area (TPSA) is 161 Å². The number of nitrogens with one attached hydrogen (secondary N) is 3. The summed E-state index contributed by atoms with van der Waals surface area (Å²) >= 11 is 0. The van der Waals surface area contributed by atoms with E-state index in [2.05, 4.69) is 20.9 Å². The van der Waals surface area contributed by atoms with Crippen molar-refractivity contribution in [2.24, 2.45) is 11.8 Å². The van der Waals surface area contributed by atoms with Crippen molar-refractivity contribution in [1.82, 2.24) is 25.5 Å². The first-order valence-corrected chi connectivity index (χ1v) is 15.7. The number of benzene rings is 1. The van der Waals surface area contributed by atoms with Gasteiger partial charge in [-0.3, -0.25) is 19.0 Å². The van der Waals surface area contributed by atoms with Gasteiger partial charge in [0.25, 0.3) is 0 Å². The molecule has 1 saturated heterocycles. The summed E-state index contributed by atoms with van der Waals surface area (Å²) < 4.78 is 55.4. The number of ether oxygens (including phenoxy) is 2. The fourth-order valence-corrected chi connectivity index (χ4v) is 5.81. The van der Waals surface area contributed by atoms with Crippen LogP contribution in [0.15, 0.2) is 35.3 Å². The Balaban J connectivity index is 1.29. The predicted octanol–water partition coefficient (Wildman–Crippen LogP) is 2.95. The number of piperidine rings is 1. The van der Waals surface area contributed by atoms with E-state index in [0.29, 0.717) is 19.2 Å². The minimum absolute atomic E-state index is 0.0500. The van der Waals surface area contributed by atoms with E-state index in [4.69, 9.17) is 9.47 Å². The highest BCUT2D eigenvalue weighted by atomic mass is 19.1. The smallest absolute Gasteiger partial charge is 0.408 e. The van der Waals surface area contributed by atoms with Crippen molar-refractivity contribution in [1.29, 1.82) is 0 Å². The first-order valence-electron chi connectivity index (χ1n) is 15.7. The highest BCUT2D eigenvalue weighted by Gasteiger charge is 2.57. The number of aromatic nitrogens is 2. The number of amides is 3. The quantitative estimate of drug-likeness (QED) is 0.288. The molecule has 1 aliphatic carbocycles. The van der Waals surface area contributed by atoms with Crippen LogP contribution in [0.2, 0.25) is 0 Å². The van der Waals surface area contributed by atoms with Crippen molar-refractivity contribution in [2.75, 3.05) is 24.6 Å². The van der Waals surface area contributed by atoms with Gasteiger partial charge in [-0.25, -0.2) is 27.7 Å². The van der Waals surface area contributed by atoms with Gasteiger partial charge in [-0.1, -0.05) is 0 Å². The minimum Gasteiger partial charge on any atom is -0.462 e. The Hall–Kier alpha value is -5.15. The van der Waals surface area contributed by atoms with Crippen LogP contribution in [0.5, 0.6) is 0 Å². The van der Waals surface area contributed by atoms with Gasteiger partial charge < -0.3 is 30.3 Å². The molecule has 1 aromatic carbocycles. The molecule has 0 bridgehead atoms. The number of nitrogens with zero attached hydrogens (tertiary/aromatic N) is 3. The SMILES string of the molecule is CCOC(=O)c1cn(-c2ccc(F)cc2F)c2nc(N3C[C@@H]4C(NC(=O)[C@H](C)NC(=O)[C@H](C)NC(=O)OC(C)(C)C)[C@@H]4C3)c(F)cc2c1=O. The van der Waals surface area contributed by atoms with E-state index < -0.39 is 70.0 Å². The molecule has 1 aliphatic heterocycles. The summed E-state index contributed by atoms with van der Waals surface area (Å²) in [5.41, 5.74) is -2.49. The van der Waals surface area contributed by atoms with E-state index in [1.165, 1.54) is 20.8 Å². The first-order chi connectivity index (χ1) is 23.0. The van der Waals surface area contributed by atoms with Gasteiger partial charge in [0.1, 0.15) is 34.9 Å². The van der Waals surface area contributed by atoms with Crippen molar-refractivity contribution in [3.8, 4) is 5.69 Å². The normalized spacial score (nSPS) is 19.4. The largest absolute Gasteiger partial charge is 0.462 e. The highest BCUT2D eigenvalue weighted by molar-refractivity contribution is 5.94. The summed E-state index contributed by atoms with van der Waals surface area (Å²) in [5, 5.41) is 7.56. The van der Waals surface area contributed by atoms with Crippen LogP contribution in [0.4, 0.5) is 23.8 Å². The number of carbonyl (C=O) groups excluding carboxylic acids is 4. The number of alkyl carbamates (subject to hydrolysis) is 1. The summed E-state index contributed by atoms with van der Waals surface area (Å²) in [4.78, 5) is 69.2. The van der Waals surface area contributed by atoms with Crippen LogP contribution in [-0.2, 0) is 19.1 Å². The molecule has 16 heteroatoms. The van der Waals surface area contributed by atoms with E-state index in [9.17, 15) is 32.8 Å². The molecule has 5 rings (SSSR count). The summed E-state index contributed by atoms with van der Waals surface area (Å²) in [7, 11) is 0. The Kier molecular flexibility index (Phi) is 9.61. The number of pyridine rings is 2. The molecule has 49 heavy (non-hydrogen) atoms. The van der Waals surface area contributed by atoms with Gasteiger partial charge in [0.2, 0.25) is 17.2 Å². The number of fused-ring (bicyclic) bond motifs is 2. The van der Waals surface area contributed by atoms with E-state index in [-0.39, 0.29) is 47.0 Å². The first kappa shape index (κ1) is 35.2. The standard InChI is InChI=1S/C33H37F3N6O7/c1-7-48-31(46)21-14-42(24-9-8-17(34)10-22(24)35)27-18(26(21)43)11-23(36)28(40-27)41-12-19-20(13-41)25(19)39-30(45)15(2)37-29(44)16(3)38-32(47)49-33(4,5)6/h8-11,14-16,19-20,25H,7,12-13H2,1-6H3,(H,37,44)(H,38,47)(H,39,45)/t15-,16-,19-,20+,25?/m0/s1. The zero-order valence-corrected chi connectivity index (χ0v) is 27.7. The molecule has 0 spiro atoms. The van der Waals surface area contributed by atoms with Gasteiger partial charge in [-0.2, -0.15) is 0 Å². The molecule has 2 aliphatic rings. The molecule has 262 valence electrons. The molecule has 2 aromatic heterocycles. The van der Waals surface area contributed by atoms with Crippen molar-refractivity contribution < 1.29 is 41.8 Å². The fourth-order valence-electron chi connectivity index (χ4n) is 5.81. The molecule has 0 radical (unpaired) electrons. The maximum Gasteiger partial charge on any atom is 0.408 e. The van der Waals surface area contributed by atoms with E-state index in [0.717, 1.165) is 29.0 Å². The third-order valence-corrected chi connectivity index (χ3v) is 8.26. The van der Waals surface area contributed by atoms with Crippen LogP contribution in [-0.4, -0.2) is 76.9 Å². The highest BCUT2D eigenvalue weighted by Crippen LogP contribution is 2.47. The molecule has 1 unspecified atom stereocenters. The number of halogens is 3. The molecule has 3 aromatic rings. The lowest BCUT2D eigenvalue weighted by Gasteiger charge is -2.24. The Morgan fingerprint density at radius 1 is 0.980 bits per heavy atom. The number of carbonyl (C=O) groups is 4. The number of hydrogen-bond acceptors (Lipinski definition) is 9. The maximum atomic E-state index is 15.6. The Morgan fingerprint density at radius 2 is 1.63 bits per heavy atom. The zero-order chi connectivity index (χ0) is 35.9. The van der Waals surface area contributed by atoms with Crippen LogP contribution < -0.4 is 26.3 Å². The number of hydrogen-bond donors (Lipinski definition) is 3. The van der Waals surface area contributed by atoms with Crippen molar-refractivity contribution in [3.05, 3.63) is 63.7 Å². The van der Waals surface area contributed by atoms with Gasteiger partial charge in [0.15, 0.2) is 17.3 Å². The molecule has 2 fully saturated rings. The second-order valence-corrected chi connectivity index (χ2v) is 13.1. The lowest BCUT2D eigenvalue weighted by Crippen LogP contribution is -2.53. The predicted molar refractivity (Wildman–Crippen MR) is 171 cm³/mol. The zero-order valence-electron chi connectivity index (χ0n) is 27.7. The molecule has 5 atom stereocenters. The third-order valence-electron chi connectivity index (χ3n) is 8.26. The van der Waals surface area contributed by atoms with Gasteiger partial charge in [-0.15, -0.1) is 0 Å². The van der Waals surface area contributed by atoms with Crippen molar-refractivity contribution in [2.45, 2.75) is 65.3 Å². The van der Waals surface area contributed by atoms with Crippen LogP contribution in [0.25, 0.3) is 16.7 Å². The third kappa shape index (κ3) is 7.47. The van der Waals surface area contributed by atoms with Crippen LogP contribution in [0.1, 0.15) is 51.9 Å². The second kappa shape index (κ2) is 13.4. The molecular weight excluding hydrogens is 649 g/mol. The number of anilines is 1. The van der Waals surface area contributed by atoms with Gasteiger partial charge in [0, 0.05) is 43.2 Å². The van der Waals surface area contributed by atoms with E-state index >= 15 is 4.39 Å². The Labute approximate surface area is 279 Å². The summed E-state index contributed by atoms with van der Waals surface area (Å²) in [6, 6.07) is 1.52. The summed E-state index contributed by atoms with van der Waals surface area (Å²) in [5.74, 6) is -5.00. The maximum absolute atomic E-state index is 15.6. The summed E-state index contributed by atoms with van der Waals surface area (Å²) in [6.07, 6.45) is 0.266. The number of rotatable bonds is 9. The lowest BCUT2D eigenvalue weighted by molar-refractivity contribution is -0.129. The van der Waals surface area contributed by atoms with Crippen molar-refractivity contribution in [3.63, 3.8) is 0 Å². The molecule has 3 amide bonds. The van der Waals surface area contributed by atoms with Gasteiger partial charge >= 0.3 is 12.1 Å². The van der Waals surface area contributed by atoms with Gasteiger partial charge in [-0.05, 0) is 59.7 Å². The van der Waals surface area contributed by atoms with E-state index in [1.807, 2.05) is 0 Å². The van der Waals surface area contributed by atoms with E-state index in [1.54, 1.807) is 25.7 Å².